The zero-order chi connectivity index (χ0) is 21.0. The number of carbonyl (C=O) groups excluding carboxylic acids is 1. The van der Waals surface area contributed by atoms with Crippen molar-refractivity contribution in [3.8, 4) is 6.07 Å². The molecule has 0 bridgehead atoms. The maximum absolute atomic E-state index is 14.4. The fourth-order valence-corrected chi connectivity index (χ4v) is 4.02. The predicted octanol–water partition coefficient (Wildman–Crippen LogP) is 5.46. The third kappa shape index (κ3) is 4.88. The Balaban J connectivity index is 2.04. The third-order valence-corrected chi connectivity index (χ3v) is 5.70. The van der Waals surface area contributed by atoms with Crippen molar-refractivity contribution in [2.45, 2.75) is 13.5 Å². The summed E-state index contributed by atoms with van der Waals surface area (Å²) in [5.41, 5.74) is 2.00. The van der Waals surface area contributed by atoms with E-state index in [9.17, 15) is 9.18 Å². The Bertz CT molecular complexity index is 1080. The average molecular weight is 447 g/mol. The van der Waals surface area contributed by atoms with Crippen molar-refractivity contribution >= 4 is 51.6 Å². The van der Waals surface area contributed by atoms with Crippen molar-refractivity contribution < 1.29 is 9.18 Å². The summed E-state index contributed by atoms with van der Waals surface area (Å²) in [7, 11) is 0. The second kappa shape index (κ2) is 9.27. The molecule has 2 aromatic carbocycles. The Morgan fingerprint density at radius 2 is 2.07 bits per heavy atom. The lowest BCUT2D eigenvalue weighted by Crippen LogP contribution is -2.19. The van der Waals surface area contributed by atoms with Gasteiger partial charge in [0.15, 0.2) is 5.13 Å². The summed E-state index contributed by atoms with van der Waals surface area (Å²) in [6, 6.07) is 13.5. The van der Waals surface area contributed by atoms with Crippen LogP contribution in [0.5, 0.6) is 0 Å². The van der Waals surface area contributed by atoms with E-state index in [1.165, 1.54) is 29.4 Å². The van der Waals surface area contributed by atoms with Crippen LogP contribution >= 0.6 is 34.9 Å². The van der Waals surface area contributed by atoms with Crippen LogP contribution in [0, 0.1) is 24.1 Å². The highest BCUT2D eigenvalue weighted by Crippen LogP contribution is 2.34. The third-order valence-electron chi connectivity index (χ3n) is 4.08. The molecule has 9 heteroatoms. The van der Waals surface area contributed by atoms with Gasteiger partial charge in [-0.05, 0) is 43.3 Å². The molecular weight excluding hydrogens is 431 g/mol. The number of nitrogens with zero attached hydrogens (tertiary/aromatic N) is 3. The van der Waals surface area contributed by atoms with Crippen LogP contribution in [0.3, 0.4) is 0 Å². The van der Waals surface area contributed by atoms with Gasteiger partial charge < -0.3 is 4.90 Å². The van der Waals surface area contributed by atoms with E-state index in [4.69, 9.17) is 16.9 Å². The van der Waals surface area contributed by atoms with Crippen LogP contribution in [0.4, 0.5) is 15.2 Å². The van der Waals surface area contributed by atoms with E-state index in [-0.39, 0.29) is 12.5 Å². The molecule has 1 heterocycles. The Kier molecular flexibility index (Phi) is 6.75. The Hall–Kier alpha value is -2.60. The highest BCUT2D eigenvalue weighted by Gasteiger charge is 2.21. The van der Waals surface area contributed by atoms with Gasteiger partial charge in [0, 0.05) is 27.4 Å². The molecule has 1 N–H and O–H groups in total. The van der Waals surface area contributed by atoms with Crippen LogP contribution in [0.25, 0.3) is 0 Å². The largest absolute Gasteiger partial charge is 0.313 e. The molecule has 0 aliphatic heterocycles. The second-order valence-corrected chi connectivity index (χ2v) is 8.25. The number of thiazole rings is 1. The summed E-state index contributed by atoms with van der Waals surface area (Å²) >= 11 is 8.41. The van der Waals surface area contributed by atoms with Crippen molar-refractivity contribution in [2.75, 3.05) is 11.2 Å². The topological polar surface area (TPSA) is 69.0 Å². The van der Waals surface area contributed by atoms with Crippen LogP contribution in [-0.2, 0) is 6.54 Å². The number of amides is 1. The van der Waals surface area contributed by atoms with Crippen LogP contribution in [-0.4, -0.2) is 17.1 Å². The van der Waals surface area contributed by atoms with Crippen molar-refractivity contribution in [1.29, 1.82) is 5.26 Å². The van der Waals surface area contributed by atoms with E-state index in [1.807, 2.05) is 6.92 Å². The fourth-order valence-electron chi connectivity index (χ4n) is 2.66. The smallest absolute Gasteiger partial charge is 0.280 e. The first-order valence-electron chi connectivity index (χ1n) is 8.45. The average Bonchev–Trinajstić information content (AvgIpc) is 3.09. The maximum Gasteiger partial charge on any atom is 0.280 e. The van der Waals surface area contributed by atoms with Crippen molar-refractivity contribution in [1.82, 2.24) is 9.71 Å². The highest BCUT2D eigenvalue weighted by atomic mass is 35.5. The number of nitriles is 1. The summed E-state index contributed by atoms with van der Waals surface area (Å²) in [5.74, 6) is -0.709. The lowest BCUT2D eigenvalue weighted by Gasteiger charge is -2.22. The van der Waals surface area contributed by atoms with E-state index in [0.29, 0.717) is 27.0 Å². The molecule has 0 fully saturated rings. The van der Waals surface area contributed by atoms with E-state index in [2.05, 4.69) is 15.8 Å². The maximum atomic E-state index is 14.4. The van der Waals surface area contributed by atoms with Gasteiger partial charge in [0.2, 0.25) is 0 Å². The molecule has 0 spiro atoms. The molecule has 5 nitrogen and oxygen atoms in total. The first kappa shape index (κ1) is 21.1. The molecule has 3 aromatic rings. The molecule has 0 unspecified atom stereocenters. The quantitative estimate of drug-likeness (QED) is 0.509. The first-order valence-corrected chi connectivity index (χ1v) is 10.9. The van der Waals surface area contributed by atoms with Gasteiger partial charge in [-0.25, -0.2) is 9.37 Å². The lowest BCUT2D eigenvalue weighted by molar-refractivity contribution is 0.0980. The van der Waals surface area contributed by atoms with Crippen molar-refractivity contribution in [3.63, 3.8) is 0 Å². The van der Waals surface area contributed by atoms with Crippen LogP contribution < -0.4 is 9.62 Å². The number of rotatable bonds is 6. The summed E-state index contributed by atoms with van der Waals surface area (Å²) in [6.45, 7) is 2.00. The first-order chi connectivity index (χ1) is 13.9. The van der Waals surface area contributed by atoms with Gasteiger partial charge in [-0.1, -0.05) is 29.6 Å². The highest BCUT2D eigenvalue weighted by molar-refractivity contribution is 7.97. The Labute approximate surface area is 181 Å². The lowest BCUT2D eigenvalue weighted by atomic mass is 10.1. The minimum Gasteiger partial charge on any atom is -0.313 e. The van der Waals surface area contributed by atoms with E-state index >= 15 is 0 Å². The molecule has 0 aliphatic carbocycles. The predicted molar refractivity (Wildman–Crippen MR) is 116 cm³/mol. The van der Waals surface area contributed by atoms with Crippen LogP contribution in [0.2, 0.25) is 5.02 Å². The number of nitrogens with one attached hydrogen (secondary N) is 1. The molecule has 0 saturated heterocycles. The number of aromatic nitrogens is 1. The van der Waals surface area contributed by atoms with Gasteiger partial charge in [-0.3, -0.25) is 9.52 Å². The minimum absolute atomic E-state index is 0.186. The molecule has 0 radical (unpaired) electrons. The molecule has 0 atom stereocenters. The number of hydrogen-bond acceptors (Lipinski definition) is 6. The standard InChI is InChI=1S/C20H16ClFN4OS2/c1-12-18(19(27)25-28-2)24-20(29-12)26(16-7-3-13(10-23)4-8-16)11-14-5-6-15(21)9-17(14)22/h3-9H,11H2,1-2H3,(H,25,27). The van der Waals surface area contributed by atoms with Crippen molar-refractivity contribution in [2.24, 2.45) is 0 Å². The number of halogens is 2. The summed E-state index contributed by atoms with van der Waals surface area (Å²) in [5, 5.41) is 9.92. The number of anilines is 2. The number of aryl methyl sites for hydroxylation is 1. The summed E-state index contributed by atoms with van der Waals surface area (Å²) < 4.78 is 17.1. The monoisotopic (exact) mass is 446 g/mol. The molecule has 3 rings (SSSR count). The molecule has 29 heavy (non-hydrogen) atoms. The normalized spacial score (nSPS) is 10.4. The van der Waals surface area contributed by atoms with Gasteiger partial charge >= 0.3 is 0 Å². The molecule has 148 valence electrons. The van der Waals surface area contributed by atoms with Crippen LogP contribution in [0.1, 0.15) is 26.5 Å². The van der Waals surface area contributed by atoms with E-state index in [1.54, 1.807) is 47.6 Å². The van der Waals surface area contributed by atoms with Crippen LogP contribution in [0.15, 0.2) is 42.5 Å². The summed E-state index contributed by atoms with van der Waals surface area (Å²) in [4.78, 5) is 19.3. The van der Waals surface area contributed by atoms with Crippen molar-refractivity contribution in [3.05, 3.63) is 75.0 Å². The Morgan fingerprint density at radius 3 is 2.69 bits per heavy atom. The minimum atomic E-state index is -0.426. The van der Waals surface area contributed by atoms with Gasteiger partial charge in [-0.15, -0.1) is 11.3 Å². The Morgan fingerprint density at radius 1 is 1.34 bits per heavy atom. The molecule has 0 aliphatic rings. The summed E-state index contributed by atoms with van der Waals surface area (Å²) in [6.07, 6.45) is 1.76. The van der Waals surface area contributed by atoms with Gasteiger partial charge in [0.1, 0.15) is 11.5 Å². The molecule has 0 saturated carbocycles. The second-order valence-electron chi connectivity index (χ2n) is 6.02. The molecule has 1 amide bonds. The molecular formula is C20H16ClFN4OS2. The van der Waals surface area contributed by atoms with E-state index in [0.717, 1.165) is 10.6 Å². The zero-order valence-corrected chi connectivity index (χ0v) is 18.0. The van der Waals surface area contributed by atoms with Gasteiger partial charge in [0.25, 0.3) is 5.91 Å². The molecule has 1 aromatic heterocycles. The number of benzene rings is 2. The van der Waals surface area contributed by atoms with E-state index < -0.39 is 5.82 Å². The fraction of sp³-hybridized carbons (Fsp3) is 0.150. The number of carbonyl (C=O) groups is 1. The number of hydrogen-bond donors (Lipinski definition) is 1. The van der Waals surface area contributed by atoms with Gasteiger partial charge in [-0.2, -0.15) is 5.26 Å². The zero-order valence-electron chi connectivity index (χ0n) is 15.6. The SMILES string of the molecule is CSNC(=O)c1nc(N(Cc2ccc(Cl)cc2F)c2ccc(C#N)cc2)sc1C. The van der Waals surface area contributed by atoms with Gasteiger partial charge in [0.05, 0.1) is 18.2 Å².